The Bertz CT molecular complexity index is 2630. The van der Waals surface area contributed by atoms with Crippen molar-refractivity contribution in [2.24, 2.45) is 0 Å². The molecule has 0 unspecified atom stereocenters. The van der Waals surface area contributed by atoms with Crippen LogP contribution in [0.15, 0.2) is 138 Å². The number of hydrogen-bond donors (Lipinski definition) is 4. The summed E-state index contributed by atoms with van der Waals surface area (Å²) >= 11 is 3.06. The highest BCUT2D eigenvalue weighted by atomic mass is 79.9. The maximum atomic E-state index is 14.5. The predicted molar refractivity (Wildman–Crippen MR) is 244 cm³/mol. The molecule has 2 aliphatic rings. The van der Waals surface area contributed by atoms with E-state index in [-0.39, 0.29) is 35.0 Å². The molecule has 0 saturated carbocycles. The van der Waals surface area contributed by atoms with E-state index in [1.165, 1.54) is 60.8 Å². The zero-order valence-corrected chi connectivity index (χ0v) is 36.6. The van der Waals surface area contributed by atoms with Gasteiger partial charge in [0.1, 0.15) is 23.3 Å². The largest absolute Gasteiger partial charge is 0.490 e. The molecule has 66 heavy (non-hydrogen) atoms. The summed E-state index contributed by atoms with van der Waals surface area (Å²) in [7, 11) is -1.40. The summed E-state index contributed by atoms with van der Waals surface area (Å²) < 4.78 is 55.0. The smallest absolute Gasteiger partial charge is 0.423 e. The Hall–Kier alpha value is -7.16. The van der Waals surface area contributed by atoms with Gasteiger partial charge in [0.15, 0.2) is 0 Å². The quantitative estimate of drug-likeness (QED) is 0.108. The van der Waals surface area contributed by atoms with Crippen LogP contribution < -0.4 is 16.1 Å². The van der Waals surface area contributed by atoms with Crippen molar-refractivity contribution >= 4 is 63.8 Å². The van der Waals surface area contributed by atoms with Gasteiger partial charge in [-0.2, -0.15) is 0 Å². The number of pyridine rings is 2. The standard InChI is InChI=1S/C23H20F2N4O2.C18H16BrF2N3O2.C5H6BNO2/c24-18-5-1-3-16(13-18)22(30)28-9-11-29(12-10-28)23(31)27-19-6-7-20(21(25)14-19)17-4-2-8-26-15-17;19-15-5-4-14(11-16(15)21)22-18(26)24-8-6-23(7-9-24)17(25)12-2-1-3-13(20)10-12;8-6(9)5-2-1-3-7-4-5/h1-8,13-15H,9-12H2,(H,27,31);1-5,10-11H,6-9H2,(H,22,26);1-4,8-9H. The van der Waals surface area contributed by atoms with E-state index in [4.69, 9.17) is 10.0 Å². The van der Waals surface area contributed by atoms with Gasteiger partial charge in [-0.1, -0.05) is 24.3 Å². The third-order valence-corrected chi connectivity index (χ3v) is 10.8. The third kappa shape index (κ3) is 13.4. The summed E-state index contributed by atoms with van der Waals surface area (Å²) in [5.74, 6) is -2.39. The maximum absolute atomic E-state index is 14.5. The SMILES string of the molecule is O=C(Nc1ccc(-c2cccnc2)c(F)c1)N1CCN(C(=O)c2cccc(F)c2)CC1.O=C(Nc1ccc(Br)c(F)c1)N1CCN(C(=O)c2cccc(F)c2)CC1.OB(O)c1cccnc1. The van der Waals surface area contributed by atoms with E-state index in [0.29, 0.717) is 84.8 Å². The molecule has 20 heteroatoms. The molecule has 2 saturated heterocycles. The van der Waals surface area contributed by atoms with Crippen molar-refractivity contribution < 1.29 is 46.8 Å². The molecule has 2 aromatic heterocycles. The molecule has 4 heterocycles. The topological polar surface area (TPSA) is 172 Å². The molecule has 6 aromatic rings. The number of urea groups is 2. The van der Waals surface area contributed by atoms with E-state index in [9.17, 15) is 36.7 Å². The monoisotopic (exact) mass is 968 g/mol. The molecular formula is C46H42BBrF4N8O6. The van der Waals surface area contributed by atoms with Crippen molar-refractivity contribution in [3.05, 3.63) is 173 Å². The van der Waals surface area contributed by atoms with E-state index in [2.05, 4.69) is 36.5 Å². The van der Waals surface area contributed by atoms with Gasteiger partial charge in [-0.05, 0) is 101 Å². The van der Waals surface area contributed by atoms with Crippen LogP contribution in [-0.2, 0) is 0 Å². The molecule has 0 atom stereocenters. The number of anilines is 2. The van der Waals surface area contributed by atoms with E-state index in [1.54, 1.807) is 92.8 Å². The summed E-state index contributed by atoms with van der Waals surface area (Å²) in [6.45, 7) is 2.67. The molecule has 6 amide bonds. The number of carbonyl (C=O) groups is 4. The highest BCUT2D eigenvalue weighted by Crippen LogP contribution is 2.25. The number of aromatic nitrogens is 2. The van der Waals surface area contributed by atoms with Gasteiger partial charge in [0.05, 0.1) is 4.47 Å². The molecule has 8 rings (SSSR count). The molecule has 2 aliphatic heterocycles. The van der Waals surface area contributed by atoms with Crippen molar-refractivity contribution in [2.75, 3.05) is 63.0 Å². The Balaban J connectivity index is 0.000000186. The summed E-state index contributed by atoms with van der Waals surface area (Å²) in [5.41, 5.74) is 2.72. The maximum Gasteiger partial charge on any atom is 0.490 e. The van der Waals surface area contributed by atoms with Crippen LogP contribution in [0.4, 0.5) is 38.5 Å². The first-order valence-corrected chi connectivity index (χ1v) is 21.2. The van der Waals surface area contributed by atoms with E-state index in [1.807, 2.05) is 0 Å². The van der Waals surface area contributed by atoms with E-state index >= 15 is 0 Å². The number of rotatable bonds is 6. The first-order chi connectivity index (χ1) is 31.7. The summed E-state index contributed by atoms with van der Waals surface area (Å²) in [5, 5.41) is 22.4. The predicted octanol–water partition coefficient (Wildman–Crippen LogP) is 6.50. The van der Waals surface area contributed by atoms with E-state index in [0.717, 1.165) is 0 Å². The summed E-state index contributed by atoms with van der Waals surface area (Å²) in [6, 6.07) is 25.9. The Labute approximate surface area is 385 Å². The van der Waals surface area contributed by atoms with Crippen LogP contribution in [0.2, 0.25) is 0 Å². The summed E-state index contributed by atoms with van der Waals surface area (Å²) in [6.07, 6.45) is 6.17. The fourth-order valence-corrected chi connectivity index (χ4v) is 6.94. The number of nitrogens with zero attached hydrogens (tertiary/aromatic N) is 6. The Kier molecular flexibility index (Phi) is 16.9. The van der Waals surface area contributed by atoms with Crippen LogP contribution in [0.25, 0.3) is 11.1 Å². The van der Waals surface area contributed by atoms with Gasteiger partial charge in [-0.3, -0.25) is 19.6 Å². The lowest BCUT2D eigenvalue weighted by Gasteiger charge is -2.34. The van der Waals surface area contributed by atoms with Crippen LogP contribution in [0.1, 0.15) is 20.7 Å². The molecule has 340 valence electrons. The van der Waals surface area contributed by atoms with Crippen molar-refractivity contribution in [3.63, 3.8) is 0 Å². The molecule has 0 spiro atoms. The minimum absolute atomic E-state index is 0.264. The number of benzene rings is 4. The average Bonchev–Trinajstić information content (AvgIpc) is 3.33. The molecule has 0 radical (unpaired) electrons. The van der Waals surface area contributed by atoms with Gasteiger partial charge >= 0.3 is 19.2 Å². The van der Waals surface area contributed by atoms with Gasteiger partial charge in [0.25, 0.3) is 11.8 Å². The molecule has 0 bridgehead atoms. The van der Waals surface area contributed by atoms with Crippen LogP contribution in [-0.4, -0.2) is 123 Å². The van der Waals surface area contributed by atoms with Gasteiger partial charge in [0.2, 0.25) is 0 Å². The van der Waals surface area contributed by atoms with Crippen molar-refractivity contribution in [2.45, 2.75) is 0 Å². The lowest BCUT2D eigenvalue weighted by Crippen LogP contribution is -2.51. The molecule has 0 aliphatic carbocycles. The Morgan fingerprint density at radius 1 is 0.545 bits per heavy atom. The number of carbonyl (C=O) groups excluding carboxylic acids is 4. The van der Waals surface area contributed by atoms with E-state index < -0.39 is 30.4 Å². The second kappa shape index (κ2) is 23.2. The van der Waals surface area contributed by atoms with Gasteiger partial charge in [-0.25, -0.2) is 27.2 Å². The highest BCUT2D eigenvalue weighted by molar-refractivity contribution is 9.10. The first-order valence-electron chi connectivity index (χ1n) is 20.4. The minimum atomic E-state index is -1.40. The van der Waals surface area contributed by atoms with Gasteiger partial charge < -0.3 is 40.3 Å². The molecule has 4 N–H and O–H groups in total. The fraction of sp³-hybridized carbons (Fsp3) is 0.174. The molecule has 4 aromatic carbocycles. The van der Waals surface area contributed by atoms with Crippen molar-refractivity contribution in [1.82, 2.24) is 29.6 Å². The molecule has 14 nitrogen and oxygen atoms in total. The lowest BCUT2D eigenvalue weighted by molar-refractivity contribution is 0.0666. The fourth-order valence-electron chi connectivity index (χ4n) is 6.69. The number of nitrogens with one attached hydrogen (secondary N) is 2. The highest BCUT2D eigenvalue weighted by Gasteiger charge is 2.27. The zero-order valence-electron chi connectivity index (χ0n) is 35.0. The summed E-state index contributed by atoms with van der Waals surface area (Å²) in [4.78, 5) is 63.7. The van der Waals surface area contributed by atoms with Gasteiger partial charge in [-0.15, -0.1) is 0 Å². The molecule has 2 fully saturated rings. The van der Waals surface area contributed by atoms with Crippen LogP contribution in [0.5, 0.6) is 0 Å². The first kappa shape index (κ1) is 48.3. The minimum Gasteiger partial charge on any atom is -0.423 e. The average molecular weight is 970 g/mol. The second-order valence-corrected chi connectivity index (χ2v) is 15.5. The Morgan fingerprint density at radius 2 is 1.02 bits per heavy atom. The van der Waals surface area contributed by atoms with Crippen LogP contribution >= 0.6 is 15.9 Å². The van der Waals surface area contributed by atoms with Crippen LogP contribution in [0.3, 0.4) is 0 Å². The molecular weight excluding hydrogens is 927 g/mol. The normalized spacial score (nSPS) is 13.3. The number of halogens is 5. The lowest BCUT2D eigenvalue weighted by atomic mass is 9.82. The van der Waals surface area contributed by atoms with Crippen molar-refractivity contribution in [3.8, 4) is 11.1 Å². The number of amides is 6. The zero-order chi connectivity index (χ0) is 47.2. The van der Waals surface area contributed by atoms with Crippen molar-refractivity contribution in [1.29, 1.82) is 0 Å². The Morgan fingerprint density at radius 3 is 1.42 bits per heavy atom. The third-order valence-electron chi connectivity index (χ3n) is 10.2. The van der Waals surface area contributed by atoms with Crippen LogP contribution in [0, 0.1) is 23.3 Å². The van der Waals surface area contributed by atoms with Gasteiger partial charge in [0, 0.05) is 116 Å². The second-order valence-electron chi connectivity index (χ2n) is 14.7. The number of hydrogen-bond acceptors (Lipinski definition) is 8. The number of piperazine rings is 2.